The normalized spacial score (nSPS) is 17.5. The molecule has 302 valence electrons. The number of rotatable bonds is 11. The molecule has 6 rings (SSSR count). The predicted molar refractivity (Wildman–Crippen MR) is 217 cm³/mol. The van der Waals surface area contributed by atoms with Gasteiger partial charge in [-0.2, -0.15) is 0 Å². The standard InChI is InChI=1S/C44H48N6O8/c1-57-43(55)47-37(31-13-5-3-6-14-31)41(53)49-27-11-9-17-35(49)39(51)45-33-23-19-29(20-24-33)30-21-25-34(26-22-30)46-40(52)36-18-10-12-28-50(36)42(54)38(48-44(56)58-2)32-15-7-4-8-16-32/h3-8,13-16,19-26,35-38H,9-12,17-18,27-28H2,1-2H3,(H,45,51)(H,46,52)(H,47,55)(H,48,56)/t35-,36-,37+,38+/m0/s1. The maximum absolute atomic E-state index is 13.9. The van der Waals surface area contributed by atoms with E-state index in [9.17, 15) is 28.8 Å². The average Bonchev–Trinajstić information content (AvgIpc) is 3.27. The van der Waals surface area contributed by atoms with Crippen molar-refractivity contribution < 1.29 is 38.2 Å². The summed E-state index contributed by atoms with van der Waals surface area (Å²) in [5, 5.41) is 11.2. The molecule has 0 bridgehead atoms. The van der Waals surface area contributed by atoms with Crippen LogP contribution in [-0.4, -0.2) is 85.0 Å². The van der Waals surface area contributed by atoms with Gasteiger partial charge in [-0.25, -0.2) is 9.59 Å². The van der Waals surface area contributed by atoms with Crippen molar-refractivity contribution in [3.63, 3.8) is 0 Å². The first-order valence-corrected chi connectivity index (χ1v) is 19.4. The van der Waals surface area contributed by atoms with Crippen LogP contribution in [0.25, 0.3) is 11.1 Å². The number of ether oxygens (including phenoxy) is 2. The highest BCUT2D eigenvalue weighted by atomic mass is 16.5. The summed E-state index contributed by atoms with van der Waals surface area (Å²) in [6.45, 7) is 0.748. The molecule has 2 aliphatic rings. The number of likely N-dealkylation sites (tertiary alicyclic amines) is 2. The van der Waals surface area contributed by atoms with Gasteiger partial charge in [0.25, 0.3) is 11.8 Å². The van der Waals surface area contributed by atoms with Crippen LogP contribution in [0.2, 0.25) is 0 Å². The van der Waals surface area contributed by atoms with Crippen molar-refractivity contribution in [2.24, 2.45) is 0 Å². The molecule has 6 amide bonds. The molecular formula is C44H48N6O8. The Morgan fingerprint density at radius 1 is 0.517 bits per heavy atom. The van der Waals surface area contributed by atoms with E-state index in [4.69, 9.17) is 9.47 Å². The van der Waals surface area contributed by atoms with E-state index < -0.39 is 36.4 Å². The maximum atomic E-state index is 13.9. The monoisotopic (exact) mass is 788 g/mol. The van der Waals surface area contributed by atoms with Gasteiger partial charge in [-0.3, -0.25) is 19.2 Å². The Kier molecular flexibility index (Phi) is 13.7. The number of alkyl carbamates (subject to hydrolysis) is 2. The van der Waals surface area contributed by atoms with E-state index in [0.29, 0.717) is 48.4 Å². The Hall–Kier alpha value is -6.70. The number of amides is 6. The number of carbonyl (C=O) groups is 6. The van der Waals surface area contributed by atoms with E-state index in [1.54, 1.807) is 72.8 Å². The molecule has 4 aromatic carbocycles. The third-order valence-electron chi connectivity index (χ3n) is 10.5. The van der Waals surface area contributed by atoms with Gasteiger partial charge in [0.2, 0.25) is 11.8 Å². The second-order valence-corrected chi connectivity index (χ2v) is 14.2. The van der Waals surface area contributed by atoms with Crippen LogP contribution in [-0.2, 0) is 28.7 Å². The van der Waals surface area contributed by atoms with Gasteiger partial charge in [-0.05, 0) is 85.0 Å². The van der Waals surface area contributed by atoms with Crippen LogP contribution in [0.5, 0.6) is 0 Å². The van der Waals surface area contributed by atoms with Crippen LogP contribution in [0.15, 0.2) is 109 Å². The van der Waals surface area contributed by atoms with E-state index in [2.05, 4.69) is 21.3 Å². The number of methoxy groups -OCH3 is 2. The SMILES string of the molecule is COC(=O)N[C@@H](C(=O)N1CCCC[C@H]1C(=O)Nc1ccc(-c2ccc(NC(=O)[C@@H]3CCCCN3C(=O)[C@H](NC(=O)OC)c3ccccc3)cc2)cc1)c1ccccc1. The third-order valence-corrected chi connectivity index (χ3v) is 10.5. The number of piperidine rings is 2. The second kappa shape index (κ2) is 19.4. The fraction of sp³-hybridized carbons (Fsp3) is 0.318. The minimum absolute atomic E-state index is 0.320. The molecule has 0 radical (unpaired) electrons. The number of hydrogen-bond donors (Lipinski definition) is 4. The van der Waals surface area contributed by atoms with E-state index in [0.717, 1.165) is 36.8 Å². The number of nitrogens with one attached hydrogen (secondary N) is 4. The molecule has 4 aromatic rings. The lowest BCUT2D eigenvalue weighted by Crippen LogP contribution is -2.53. The quantitative estimate of drug-likeness (QED) is 0.139. The first-order valence-electron chi connectivity index (χ1n) is 19.4. The topological polar surface area (TPSA) is 175 Å². The lowest BCUT2D eigenvalue weighted by molar-refractivity contribution is -0.142. The van der Waals surface area contributed by atoms with Crippen molar-refractivity contribution in [2.75, 3.05) is 37.9 Å². The number of anilines is 2. The Morgan fingerprint density at radius 2 is 0.879 bits per heavy atom. The van der Waals surface area contributed by atoms with E-state index in [1.807, 2.05) is 36.4 Å². The summed E-state index contributed by atoms with van der Waals surface area (Å²) in [5.41, 5.74) is 4.04. The van der Waals surface area contributed by atoms with Gasteiger partial charge in [0.15, 0.2) is 0 Å². The van der Waals surface area contributed by atoms with E-state index in [-0.39, 0.29) is 23.6 Å². The smallest absolute Gasteiger partial charge is 0.407 e. The van der Waals surface area contributed by atoms with Crippen LogP contribution in [0.4, 0.5) is 21.0 Å². The fourth-order valence-electron chi connectivity index (χ4n) is 7.43. The first-order chi connectivity index (χ1) is 28.2. The summed E-state index contributed by atoms with van der Waals surface area (Å²) < 4.78 is 9.56. The zero-order chi connectivity index (χ0) is 41.0. The Bertz CT molecular complexity index is 1910. The predicted octanol–water partition coefficient (Wildman–Crippen LogP) is 6.19. The van der Waals surface area contributed by atoms with Crippen LogP contribution < -0.4 is 21.3 Å². The summed E-state index contributed by atoms with van der Waals surface area (Å²) >= 11 is 0. The summed E-state index contributed by atoms with van der Waals surface area (Å²) in [4.78, 5) is 82.4. The number of nitrogens with zero attached hydrogens (tertiary/aromatic N) is 2. The minimum Gasteiger partial charge on any atom is -0.453 e. The van der Waals surface area contributed by atoms with E-state index >= 15 is 0 Å². The molecule has 58 heavy (non-hydrogen) atoms. The second-order valence-electron chi connectivity index (χ2n) is 14.2. The lowest BCUT2D eigenvalue weighted by atomic mass is 9.97. The molecule has 2 aliphatic heterocycles. The number of hydrogen-bond acceptors (Lipinski definition) is 8. The summed E-state index contributed by atoms with van der Waals surface area (Å²) in [6.07, 6.45) is 2.49. The van der Waals surface area contributed by atoms with Gasteiger partial charge in [-0.15, -0.1) is 0 Å². The molecule has 0 saturated carbocycles. The third kappa shape index (κ3) is 9.99. The van der Waals surface area contributed by atoms with Gasteiger partial charge in [0.05, 0.1) is 14.2 Å². The number of carbonyl (C=O) groups excluding carboxylic acids is 6. The Balaban J connectivity index is 1.08. The molecule has 14 nitrogen and oxygen atoms in total. The minimum atomic E-state index is -1.01. The van der Waals surface area contributed by atoms with Crippen molar-refractivity contribution in [1.29, 1.82) is 0 Å². The molecule has 0 aromatic heterocycles. The van der Waals surface area contributed by atoms with Gasteiger partial charge in [0, 0.05) is 24.5 Å². The molecule has 0 spiro atoms. The molecule has 4 atom stereocenters. The molecule has 2 fully saturated rings. The van der Waals surface area contributed by atoms with Gasteiger partial charge in [0.1, 0.15) is 24.2 Å². The number of benzene rings is 4. The van der Waals surface area contributed by atoms with E-state index in [1.165, 1.54) is 24.0 Å². The summed E-state index contributed by atoms with van der Waals surface area (Å²) in [5.74, 6) is -1.42. The molecule has 0 unspecified atom stereocenters. The molecule has 0 aliphatic carbocycles. The molecule has 2 saturated heterocycles. The van der Waals surface area contributed by atoms with Crippen LogP contribution in [0.1, 0.15) is 61.7 Å². The maximum Gasteiger partial charge on any atom is 0.407 e. The van der Waals surface area contributed by atoms with Crippen LogP contribution >= 0.6 is 0 Å². The Morgan fingerprint density at radius 3 is 1.22 bits per heavy atom. The molecule has 2 heterocycles. The van der Waals surface area contributed by atoms with Crippen molar-refractivity contribution in [3.05, 3.63) is 120 Å². The average molecular weight is 789 g/mol. The van der Waals surface area contributed by atoms with Gasteiger partial charge >= 0.3 is 12.2 Å². The van der Waals surface area contributed by atoms with Crippen LogP contribution in [0, 0.1) is 0 Å². The van der Waals surface area contributed by atoms with Crippen molar-refractivity contribution in [1.82, 2.24) is 20.4 Å². The van der Waals surface area contributed by atoms with Crippen LogP contribution in [0.3, 0.4) is 0 Å². The highest BCUT2D eigenvalue weighted by Gasteiger charge is 2.38. The zero-order valence-corrected chi connectivity index (χ0v) is 32.5. The highest BCUT2D eigenvalue weighted by molar-refractivity contribution is 6.00. The largest absolute Gasteiger partial charge is 0.453 e. The van der Waals surface area contributed by atoms with Crippen molar-refractivity contribution >= 4 is 47.2 Å². The molecule has 14 heteroatoms. The van der Waals surface area contributed by atoms with Crippen molar-refractivity contribution in [2.45, 2.75) is 62.7 Å². The van der Waals surface area contributed by atoms with Gasteiger partial charge < -0.3 is 40.5 Å². The first kappa shape index (κ1) is 40.9. The van der Waals surface area contributed by atoms with Crippen molar-refractivity contribution in [3.8, 4) is 11.1 Å². The summed E-state index contributed by atoms with van der Waals surface area (Å²) in [7, 11) is 2.46. The summed E-state index contributed by atoms with van der Waals surface area (Å²) in [6, 6.07) is 28.9. The molecular weight excluding hydrogens is 741 g/mol. The molecule has 4 N–H and O–H groups in total. The lowest BCUT2D eigenvalue weighted by Gasteiger charge is -2.37. The fourth-order valence-corrected chi connectivity index (χ4v) is 7.43. The Labute approximate surface area is 337 Å². The highest BCUT2D eigenvalue weighted by Crippen LogP contribution is 2.28. The zero-order valence-electron chi connectivity index (χ0n) is 32.5. The van der Waals surface area contributed by atoms with Gasteiger partial charge in [-0.1, -0.05) is 84.9 Å².